The molecule has 1 heterocycles. The van der Waals surface area contributed by atoms with Gasteiger partial charge < -0.3 is 9.29 Å². The molecule has 1 aromatic heterocycles. The minimum Gasteiger partial charge on any atom is -0.478 e. The predicted molar refractivity (Wildman–Crippen MR) is 130 cm³/mol. The van der Waals surface area contributed by atoms with Crippen molar-refractivity contribution >= 4 is 38.2 Å². The van der Waals surface area contributed by atoms with E-state index < -0.39 is 27.0 Å². The van der Waals surface area contributed by atoms with Crippen molar-refractivity contribution in [3.63, 3.8) is 0 Å². The predicted octanol–water partition coefficient (Wildman–Crippen LogP) is 6.96. The van der Waals surface area contributed by atoms with Gasteiger partial charge in [-0.15, -0.1) is 11.3 Å². The van der Waals surface area contributed by atoms with Crippen LogP contribution in [0.15, 0.2) is 41.8 Å². The van der Waals surface area contributed by atoms with Gasteiger partial charge in [-0.2, -0.15) is 21.6 Å². The number of hydrogen-bond acceptors (Lipinski definition) is 5. The molecule has 4 saturated carbocycles. The molecule has 4 bridgehead atoms. The highest BCUT2D eigenvalue weighted by Gasteiger charge is 2.54. The Bertz CT molecular complexity index is 1450. The standard InChI is InChI=1S/C26H23F3O5S2/c27-26(28,29)36(32,33)34-22-8-17-1-2-18(23-9-20(13-35-23)24(30)31)6-19(17)7-21(22)25-10-14-3-15(11-25)5-16(4-14)12-25/h1-2,6-9,13-16H,3-5,10-12H2,(H,30,31). The molecule has 0 saturated heterocycles. The molecule has 0 radical (unpaired) electrons. The lowest BCUT2D eigenvalue weighted by Gasteiger charge is -2.57. The maximum absolute atomic E-state index is 13.3. The Morgan fingerprint density at radius 1 is 0.972 bits per heavy atom. The molecule has 2 aromatic carbocycles. The van der Waals surface area contributed by atoms with Crippen molar-refractivity contribution in [2.45, 2.75) is 49.4 Å². The maximum atomic E-state index is 13.3. The van der Waals surface area contributed by atoms with E-state index in [0.29, 0.717) is 28.7 Å². The molecule has 4 aliphatic rings. The number of halogens is 3. The average Bonchev–Trinajstić information content (AvgIpc) is 3.27. The zero-order valence-electron chi connectivity index (χ0n) is 19.0. The molecule has 3 aromatic rings. The van der Waals surface area contributed by atoms with Crippen LogP contribution in [0.2, 0.25) is 0 Å². The van der Waals surface area contributed by atoms with Crippen LogP contribution in [0.4, 0.5) is 13.2 Å². The highest BCUT2D eigenvalue weighted by Crippen LogP contribution is 2.62. The molecular weight excluding hydrogens is 513 g/mol. The number of rotatable bonds is 5. The van der Waals surface area contributed by atoms with Crippen molar-refractivity contribution in [3.05, 3.63) is 52.9 Å². The van der Waals surface area contributed by atoms with E-state index in [1.807, 2.05) is 6.07 Å². The number of thiophene rings is 1. The van der Waals surface area contributed by atoms with E-state index in [-0.39, 0.29) is 11.3 Å². The van der Waals surface area contributed by atoms with Gasteiger partial charge in [-0.05, 0) is 102 Å². The topological polar surface area (TPSA) is 80.7 Å². The fraction of sp³-hybridized carbons (Fsp3) is 0.423. The molecule has 4 fully saturated rings. The molecule has 190 valence electrons. The van der Waals surface area contributed by atoms with Crippen molar-refractivity contribution in [2.75, 3.05) is 0 Å². The van der Waals surface area contributed by atoms with Crippen molar-refractivity contribution in [1.82, 2.24) is 0 Å². The molecule has 0 amide bonds. The van der Waals surface area contributed by atoms with Crippen molar-refractivity contribution < 1.29 is 35.7 Å². The third-order valence-electron chi connectivity index (χ3n) is 8.16. The second kappa shape index (κ2) is 7.95. The summed E-state index contributed by atoms with van der Waals surface area (Å²) in [4.78, 5) is 12.0. The second-order valence-corrected chi connectivity index (χ2v) is 13.0. The second-order valence-electron chi connectivity index (χ2n) is 10.6. The highest BCUT2D eigenvalue weighted by atomic mass is 32.2. The van der Waals surface area contributed by atoms with E-state index in [2.05, 4.69) is 0 Å². The van der Waals surface area contributed by atoms with Gasteiger partial charge >= 0.3 is 21.6 Å². The van der Waals surface area contributed by atoms with Gasteiger partial charge in [-0.3, -0.25) is 0 Å². The van der Waals surface area contributed by atoms with E-state index in [0.717, 1.165) is 54.4 Å². The summed E-state index contributed by atoms with van der Waals surface area (Å²) in [7, 11) is -5.82. The van der Waals surface area contributed by atoms with Gasteiger partial charge in [0.1, 0.15) is 5.75 Å². The van der Waals surface area contributed by atoms with Crippen molar-refractivity contribution in [2.24, 2.45) is 17.8 Å². The molecule has 10 heteroatoms. The molecule has 5 nitrogen and oxygen atoms in total. The van der Waals surface area contributed by atoms with Gasteiger partial charge in [-0.1, -0.05) is 12.1 Å². The third kappa shape index (κ3) is 3.89. The smallest absolute Gasteiger partial charge is 0.478 e. The monoisotopic (exact) mass is 536 g/mol. The fourth-order valence-electron chi connectivity index (χ4n) is 7.12. The normalized spacial score (nSPS) is 27.5. The van der Waals surface area contributed by atoms with Crippen LogP contribution in [-0.4, -0.2) is 25.0 Å². The lowest BCUT2D eigenvalue weighted by molar-refractivity contribution is -0.0502. The maximum Gasteiger partial charge on any atom is 0.534 e. The Kier molecular flexibility index (Phi) is 5.25. The van der Waals surface area contributed by atoms with E-state index >= 15 is 0 Å². The average molecular weight is 537 g/mol. The quantitative estimate of drug-likeness (QED) is 0.282. The van der Waals surface area contributed by atoms with Crippen LogP contribution in [0.25, 0.3) is 21.2 Å². The molecule has 0 atom stereocenters. The minimum atomic E-state index is -5.82. The van der Waals surface area contributed by atoms with E-state index in [4.69, 9.17) is 4.18 Å². The van der Waals surface area contributed by atoms with Crippen LogP contribution in [0.1, 0.15) is 54.4 Å². The summed E-state index contributed by atoms with van der Waals surface area (Å²) in [5.41, 5.74) is -4.42. The van der Waals surface area contributed by atoms with Crippen LogP contribution in [0.3, 0.4) is 0 Å². The molecular formula is C26H23F3O5S2. The summed E-state index contributed by atoms with van der Waals surface area (Å²) in [6.45, 7) is 0. The lowest BCUT2D eigenvalue weighted by atomic mass is 9.48. The number of aromatic carboxylic acids is 1. The number of carboxylic acids is 1. The summed E-state index contributed by atoms with van der Waals surface area (Å²) in [6, 6.07) is 10.1. The summed E-state index contributed by atoms with van der Waals surface area (Å²) in [5, 5.41) is 12.1. The Hall–Kier alpha value is -2.59. The van der Waals surface area contributed by atoms with E-state index in [9.17, 15) is 31.5 Å². The molecule has 0 unspecified atom stereocenters. The van der Waals surface area contributed by atoms with Crippen LogP contribution in [0, 0.1) is 17.8 Å². The Balaban J connectivity index is 1.50. The van der Waals surface area contributed by atoms with Gasteiger partial charge in [0.25, 0.3) is 0 Å². The first-order valence-corrected chi connectivity index (χ1v) is 14.1. The van der Waals surface area contributed by atoms with Gasteiger partial charge in [-0.25, -0.2) is 4.79 Å². The molecule has 1 N–H and O–H groups in total. The van der Waals surface area contributed by atoms with Crippen LogP contribution in [-0.2, 0) is 15.5 Å². The molecule has 0 aliphatic heterocycles. The summed E-state index contributed by atoms with van der Waals surface area (Å²) < 4.78 is 68.7. The van der Waals surface area contributed by atoms with Crippen molar-refractivity contribution in [1.29, 1.82) is 0 Å². The molecule has 7 rings (SSSR count). The lowest BCUT2D eigenvalue weighted by Crippen LogP contribution is -2.48. The SMILES string of the molecule is O=C(O)c1csc(-c2ccc3cc(OS(=O)(=O)C(F)(F)F)c(C45CC6CC(CC(C6)C4)C5)cc3c2)c1. The van der Waals surface area contributed by atoms with Crippen LogP contribution < -0.4 is 4.18 Å². The van der Waals surface area contributed by atoms with E-state index in [1.54, 1.807) is 29.6 Å². The molecule has 4 aliphatic carbocycles. The van der Waals surface area contributed by atoms with Crippen molar-refractivity contribution in [3.8, 4) is 16.2 Å². The first-order chi connectivity index (χ1) is 16.9. The van der Waals surface area contributed by atoms with Gasteiger partial charge in [0.05, 0.1) is 5.56 Å². The molecule has 0 spiro atoms. The summed E-state index contributed by atoms with van der Waals surface area (Å²) in [5.74, 6) is 0.219. The number of carbonyl (C=O) groups is 1. The summed E-state index contributed by atoms with van der Waals surface area (Å²) in [6.07, 6.45) is 5.83. The number of hydrogen-bond donors (Lipinski definition) is 1. The number of alkyl halides is 3. The van der Waals surface area contributed by atoms with Crippen LogP contribution in [0.5, 0.6) is 5.75 Å². The number of benzene rings is 2. The van der Waals surface area contributed by atoms with Gasteiger partial charge in [0, 0.05) is 15.8 Å². The largest absolute Gasteiger partial charge is 0.534 e. The van der Waals surface area contributed by atoms with E-state index in [1.165, 1.54) is 17.4 Å². The first-order valence-electron chi connectivity index (χ1n) is 11.8. The summed E-state index contributed by atoms with van der Waals surface area (Å²) >= 11 is 1.29. The zero-order valence-corrected chi connectivity index (χ0v) is 20.7. The first kappa shape index (κ1) is 23.8. The van der Waals surface area contributed by atoms with Gasteiger partial charge in [0.15, 0.2) is 0 Å². The fourth-order valence-corrected chi connectivity index (χ4v) is 8.47. The Labute approximate surface area is 210 Å². The van der Waals surface area contributed by atoms with Crippen LogP contribution >= 0.6 is 11.3 Å². The Morgan fingerprint density at radius 3 is 2.17 bits per heavy atom. The number of fused-ring (bicyclic) bond motifs is 1. The minimum absolute atomic E-state index is 0.186. The number of carboxylic acid groups (broad SMARTS) is 1. The van der Waals surface area contributed by atoms with Gasteiger partial charge in [0.2, 0.25) is 0 Å². The zero-order chi connectivity index (χ0) is 25.5. The molecule has 36 heavy (non-hydrogen) atoms. The highest BCUT2D eigenvalue weighted by molar-refractivity contribution is 7.88. The third-order valence-corrected chi connectivity index (χ3v) is 10.1. The Morgan fingerprint density at radius 2 is 1.61 bits per heavy atom.